The molecule has 0 bridgehead atoms. The molecule has 2 aliphatic rings. The molecule has 1 aromatic carbocycles. The quantitative estimate of drug-likeness (QED) is 0.586. The van der Waals surface area contributed by atoms with Gasteiger partial charge in [0.15, 0.2) is 0 Å². The van der Waals surface area contributed by atoms with E-state index in [2.05, 4.69) is 10.6 Å². The van der Waals surface area contributed by atoms with Crippen LogP contribution < -0.4 is 10.6 Å². The van der Waals surface area contributed by atoms with Gasteiger partial charge in [0, 0.05) is 12.1 Å². The van der Waals surface area contributed by atoms with E-state index in [1.54, 1.807) is 17.0 Å². The Balaban J connectivity index is 1.75. The van der Waals surface area contributed by atoms with Gasteiger partial charge in [-0.05, 0) is 55.2 Å². The van der Waals surface area contributed by atoms with Crippen molar-refractivity contribution in [3.05, 3.63) is 29.8 Å². The molecule has 2 unspecified atom stereocenters. The number of phenols is 1. The SMILES string of the molecule is CC(C)(C)C(NC(=O)NC1(Cc2cccc(O)c2)CCCCC1)C(=O)N1CCCC1C=O. The van der Waals surface area contributed by atoms with E-state index >= 15 is 0 Å². The number of rotatable bonds is 6. The van der Waals surface area contributed by atoms with Gasteiger partial charge in [0.05, 0.1) is 6.04 Å². The minimum absolute atomic E-state index is 0.201. The number of benzene rings is 1. The van der Waals surface area contributed by atoms with Gasteiger partial charge in [-0.2, -0.15) is 0 Å². The van der Waals surface area contributed by atoms with Crippen LogP contribution >= 0.6 is 0 Å². The van der Waals surface area contributed by atoms with Gasteiger partial charge in [-0.3, -0.25) is 4.79 Å². The van der Waals surface area contributed by atoms with Gasteiger partial charge < -0.3 is 25.4 Å². The zero-order chi connectivity index (χ0) is 23.4. The van der Waals surface area contributed by atoms with Gasteiger partial charge in [0.25, 0.3) is 0 Å². The first-order valence-corrected chi connectivity index (χ1v) is 11.8. The number of hydrogen-bond donors (Lipinski definition) is 3. The first kappa shape index (κ1) is 24.1. The number of nitrogens with zero attached hydrogens (tertiary/aromatic N) is 1. The van der Waals surface area contributed by atoms with Gasteiger partial charge in [0.1, 0.15) is 18.1 Å². The summed E-state index contributed by atoms with van der Waals surface area (Å²) in [4.78, 5) is 39.5. The Kier molecular flexibility index (Phi) is 7.47. The topological polar surface area (TPSA) is 98.7 Å². The van der Waals surface area contributed by atoms with Crippen molar-refractivity contribution in [3.63, 3.8) is 0 Å². The number of likely N-dealkylation sites (tertiary alicyclic amines) is 1. The maximum Gasteiger partial charge on any atom is 0.315 e. The second-order valence-electron chi connectivity index (χ2n) is 10.5. The molecule has 1 aliphatic heterocycles. The Hall–Kier alpha value is -2.57. The average Bonchev–Trinajstić information content (AvgIpc) is 3.20. The van der Waals surface area contributed by atoms with Gasteiger partial charge in [-0.1, -0.05) is 52.2 Å². The molecule has 32 heavy (non-hydrogen) atoms. The minimum Gasteiger partial charge on any atom is -0.508 e. The van der Waals surface area contributed by atoms with Crippen LogP contribution in [0.1, 0.15) is 71.3 Å². The van der Waals surface area contributed by atoms with Gasteiger partial charge >= 0.3 is 6.03 Å². The van der Waals surface area contributed by atoms with E-state index < -0.39 is 23.0 Å². The fourth-order valence-electron chi connectivity index (χ4n) is 5.06. The molecule has 0 radical (unpaired) electrons. The van der Waals surface area contributed by atoms with Crippen molar-refractivity contribution in [3.8, 4) is 5.75 Å². The molecule has 0 aromatic heterocycles. The molecular weight excluding hydrogens is 406 g/mol. The number of amides is 3. The first-order valence-electron chi connectivity index (χ1n) is 11.8. The Morgan fingerprint density at radius 3 is 2.56 bits per heavy atom. The molecule has 3 N–H and O–H groups in total. The molecule has 1 aliphatic carbocycles. The fraction of sp³-hybridized carbons (Fsp3) is 0.640. The van der Waals surface area contributed by atoms with Gasteiger partial charge in [0.2, 0.25) is 5.91 Å². The average molecular weight is 444 g/mol. The third-order valence-corrected chi connectivity index (χ3v) is 6.77. The molecule has 1 saturated carbocycles. The summed E-state index contributed by atoms with van der Waals surface area (Å²) in [5.41, 5.74) is 0.0530. The van der Waals surface area contributed by atoms with Crippen molar-refractivity contribution in [2.45, 2.75) is 89.8 Å². The normalized spacial score (nSPS) is 21.6. The molecule has 2 atom stereocenters. The van der Waals surface area contributed by atoms with Crippen LogP contribution in [-0.4, -0.2) is 52.4 Å². The number of urea groups is 1. The summed E-state index contributed by atoms with van der Waals surface area (Å²) < 4.78 is 0. The van der Waals surface area contributed by atoms with E-state index in [1.165, 1.54) is 0 Å². The molecular formula is C25H37N3O4. The highest BCUT2D eigenvalue weighted by Crippen LogP contribution is 2.32. The van der Waals surface area contributed by atoms with Gasteiger partial charge in [-0.25, -0.2) is 4.79 Å². The largest absolute Gasteiger partial charge is 0.508 e. The van der Waals surface area contributed by atoms with E-state index in [-0.39, 0.29) is 17.7 Å². The molecule has 1 aromatic rings. The zero-order valence-electron chi connectivity index (χ0n) is 19.5. The summed E-state index contributed by atoms with van der Waals surface area (Å²) in [6, 6.07) is 5.66. The Bertz CT molecular complexity index is 827. The summed E-state index contributed by atoms with van der Waals surface area (Å²) in [5, 5.41) is 16.0. The number of carbonyl (C=O) groups excluding carboxylic acids is 3. The van der Waals surface area contributed by atoms with Crippen molar-refractivity contribution in [2.24, 2.45) is 5.41 Å². The van der Waals surface area contributed by atoms with Crippen LogP contribution in [0.2, 0.25) is 0 Å². The fourth-order valence-corrected chi connectivity index (χ4v) is 5.06. The molecule has 7 nitrogen and oxygen atoms in total. The maximum absolute atomic E-state index is 13.3. The number of phenolic OH excluding ortho intramolecular Hbond substituents is 1. The second kappa shape index (κ2) is 9.92. The predicted molar refractivity (Wildman–Crippen MR) is 123 cm³/mol. The Morgan fingerprint density at radius 2 is 1.94 bits per heavy atom. The minimum atomic E-state index is -0.732. The lowest BCUT2D eigenvalue weighted by atomic mass is 9.77. The van der Waals surface area contributed by atoms with E-state index in [1.807, 2.05) is 32.9 Å². The Labute approximate surface area is 190 Å². The standard InChI is InChI=1S/C25H37N3O4/c1-24(2,3)21(22(31)28-14-8-10-19(28)17-29)26-23(32)27-25(12-5-4-6-13-25)16-18-9-7-11-20(30)15-18/h7,9,11,15,17,19,21,30H,4-6,8,10,12-14,16H2,1-3H3,(H2,26,27,32). The van der Waals surface area contributed by atoms with E-state index in [0.717, 1.165) is 50.4 Å². The van der Waals surface area contributed by atoms with E-state index in [9.17, 15) is 19.5 Å². The molecule has 0 spiro atoms. The monoisotopic (exact) mass is 443 g/mol. The van der Waals surface area contributed by atoms with Crippen molar-refractivity contribution >= 4 is 18.2 Å². The molecule has 2 fully saturated rings. The smallest absolute Gasteiger partial charge is 0.315 e. The lowest BCUT2D eigenvalue weighted by Crippen LogP contribution is -2.61. The summed E-state index contributed by atoms with van der Waals surface area (Å²) in [5.74, 6) is 0.0135. The third-order valence-electron chi connectivity index (χ3n) is 6.77. The molecule has 7 heteroatoms. The van der Waals surface area contributed by atoms with Crippen molar-refractivity contribution in [2.75, 3.05) is 6.54 Å². The second-order valence-corrected chi connectivity index (χ2v) is 10.5. The molecule has 3 amide bonds. The maximum atomic E-state index is 13.3. The summed E-state index contributed by atoms with van der Waals surface area (Å²) in [7, 11) is 0. The van der Waals surface area contributed by atoms with E-state index in [0.29, 0.717) is 19.4 Å². The third kappa shape index (κ3) is 5.81. The molecule has 176 valence electrons. The highest BCUT2D eigenvalue weighted by molar-refractivity contribution is 5.89. The van der Waals surface area contributed by atoms with Crippen LogP contribution in [-0.2, 0) is 16.0 Å². The highest BCUT2D eigenvalue weighted by atomic mass is 16.3. The molecule has 1 heterocycles. The van der Waals surface area contributed by atoms with Gasteiger partial charge in [-0.15, -0.1) is 0 Å². The number of nitrogens with one attached hydrogen (secondary N) is 2. The highest BCUT2D eigenvalue weighted by Gasteiger charge is 2.41. The number of carbonyl (C=O) groups is 3. The van der Waals surface area contributed by atoms with Crippen molar-refractivity contribution < 1.29 is 19.5 Å². The summed E-state index contributed by atoms with van der Waals surface area (Å²) >= 11 is 0. The number of aldehydes is 1. The predicted octanol–water partition coefficient (Wildman–Crippen LogP) is 3.54. The van der Waals surface area contributed by atoms with Crippen LogP contribution in [0.25, 0.3) is 0 Å². The molecule has 1 saturated heterocycles. The lowest BCUT2D eigenvalue weighted by molar-refractivity contribution is -0.138. The lowest BCUT2D eigenvalue weighted by Gasteiger charge is -2.40. The van der Waals surface area contributed by atoms with E-state index in [4.69, 9.17) is 0 Å². The summed E-state index contributed by atoms with van der Waals surface area (Å²) in [6.45, 7) is 6.31. The Morgan fingerprint density at radius 1 is 1.22 bits per heavy atom. The number of hydrogen-bond acceptors (Lipinski definition) is 4. The van der Waals surface area contributed by atoms with Crippen LogP contribution in [0, 0.1) is 5.41 Å². The zero-order valence-corrected chi connectivity index (χ0v) is 19.5. The van der Waals surface area contributed by atoms with Crippen LogP contribution in [0.5, 0.6) is 5.75 Å². The van der Waals surface area contributed by atoms with Crippen molar-refractivity contribution in [1.82, 2.24) is 15.5 Å². The summed E-state index contributed by atoms with van der Waals surface area (Å²) in [6.07, 6.45) is 7.81. The van der Waals surface area contributed by atoms with Crippen molar-refractivity contribution in [1.29, 1.82) is 0 Å². The first-order chi connectivity index (χ1) is 15.1. The molecule has 3 rings (SSSR count). The van der Waals surface area contributed by atoms with Crippen LogP contribution in [0.15, 0.2) is 24.3 Å². The number of aromatic hydroxyl groups is 1. The van der Waals surface area contributed by atoms with Crippen LogP contribution in [0.4, 0.5) is 4.79 Å². The van der Waals surface area contributed by atoms with Crippen LogP contribution in [0.3, 0.4) is 0 Å².